The SMILES string of the molecule is Cc1ccc(S(=O)(=O)N(C)C)cc1NC(=O)CCOc1ccccc1C. The van der Waals surface area contributed by atoms with Crippen LogP contribution in [0.1, 0.15) is 17.5 Å². The number of para-hydroxylation sites is 1. The van der Waals surface area contributed by atoms with E-state index in [1.165, 1.54) is 26.2 Å². The molecule has 140 valence electrons. The number of sulfonamides is 1. The lowest BCUT2D eigenvalue weighted by atomic mass is 10.2. The van der Waals surface area contributed by atoms with Gasteiger partial charge in [-0.2, -0.15) is 0 Å². The van der Waals surface area contributed by atoms with E-state index in [9.17, 15) is 13.2 Å². The first-order chi connectivity index (χ1) is 12.2. The number of ether oxygens (including phenoxy) is 1. The normalized spacial score (nSPS) is 11.4. The summed E-state index contributed by atoms with van der Waals surface area (Å²) in [6, 6.07) is 12.3. The van der Waals surface area contributed by atoms with Gasteiger partial charge in [-0.3, -0.25) is 4.79 Å². The van der Waals surface area contributed by atoms with Gasteiger partial charge in [0.2, 0.25) is 15.9 Å². The third kappa shape index (κ3) is 4.83. The summed E-state index contributed by atoms with van der Waals surface area (Å²) in [6.07, 6.45) is 0.165. The van der Waals surface area contributed by atoms with Crippen molar-refractivity contribution in [2.24, 2.45) is 0 Å². The van der Waals surface area contributed by atoms with E-state index in [0.29, 0.717) is 5.69 Å². The van der Waals surface area contributed by atoms with E-state index in [1.54, 1.807) is 6.07 Å². The quantitative estimate of drug-likeness (QED) is 0.806. The Morgan fingerprint density at radius 3 is 2.42 bits per heavy atom. The first-order valence-corrected chi connectivity index (χ1v) is 9.67. The Morgan fingerprint density at radius 2 is 1.77 bits per heavy atom. The van der Waals surface area contributed by atoms with E-state index < -0.39 is 10.0 Å². The molecule has 26 heavy (non-hydrogen) atoms. The Kier molecular flexibility index (Phi) is 6.39. The molecule has 2 rings (SSSR count). The number of anilines is 1. The fourth-order valence-electron chi connectivity index (χ4n) is 2.29. The summed E-state index contributed by atoms with van der Waals surface area (Å²) >= 11 is 0. The van der Waals surface area contributed by atoms with Gasteiger partial charge in [-0.05, 0) is 43.2 Å². The highest BCUT2D eigenvalue weighted by molar-refractivity contribution is 7.89. The highest BCUT2D eigenvalue weighted by Gasteiger charge is 2.18. The van der Waals surface area contributed by atoms with Crippen LogP contribution in [-0.4, -0.2) is 39.3 Å². The van der Waals surface area contributed by atoms with Crippen LogP contribution in [0, 0.1) is 13.8 Å². The molecule has 0 aliphatic heterocycles. The van der Waals surface area contributed by atoms with E-state index in [4.69, 9.17) is 4.74 Å². The predicted molar refractivity (Wildman–Crippen MR) is 102 cm³/mol. The predicted octanol–water partition coefficient (Wildman–Crippen LogP) is 2.96. The minimum atomic E-state index is -3.55. The molecule has 0 saturated heterocycles. The van der Waals surface area contributed by atoms with E-state index in [-0.39, 0.29) is 23.8 Å². The lowest BCUT2D eigenvalue weighted by Gasteiger charge is -2.14. The van der Waals surface area contributed by atoms with Crippen molar-refractivity contribution in [3.8, 4) is 5.75 Å². The van der Waals surface area contributed by atoms with Crippen LogP contribution >= 0.6 is 0 Å². The summed E-state index contributed by atoms with van der Waals surface area (Å²) in [5, 5.41) is 2.76. The van der Waals surface area contributed by atoms with Gasteiger partial charge < -0.3 is 10.1 Å². The summed E-state index contributed by atoms with van der Waals surface area (Å²) in [5.74, 6) is 0.511. The van der Waals surface area contributed by atoms with Crippen LogP contribution in [0.3, 0.4) is 0 Å². The van der Waals surface area contributed by atoms with E-state index >= 15 is 0 Å². The Bertz CT molecular complexity index is 892. The highest BCUT2D eigenvalue weighted by atomic mass is 32.2. The van der Waals surface area contributed by atoms with Crippen molar-refractivity contribution in [1.82, 2.24) is 4.31 Å². The van der Waals surface area contributed by atoms with Gasteiger partial charge in [0, 0.05) is 19.8 Å². The molecule has 0 atom stereocenters. The van der Waals surface area contributed by atoms with Gasteiger partial charge >= 0.3 is 0 Å². The molecule has 0 spiro atoms. The summed E-state index contributed by atoms with van der Waals surface area (Å²) < 4.78 is 31.2. The van der Waals surface area contributed by atoms with Crippen LogP contribution in [0.25, 0.3) is 0 Å². The second-order valence-corrected chi connectivity index (χ2v) is 8.33. The maximum Gasteiger partial charge on any atom is 0.242 e. The van der Waals surface area contributed by atoms with Gasteiger partial charge in [0.15, 0.2) is 0 Å². The van der Waals surface area contributed by atoms with Crippen LogP contribution < -0.4 is 10.1 Å². The fraction of sp³-hybridized carbons (Fsp3) is 0.316. The number of aryl methyl sites for hydroxylation is 2. The number of carbonyl (C=O) groups is 1. The second-order valence-electron chi connectivity index (χ2n) is 6.18. The molecule has 6 nitrogen and oxygen atoms in total. The van der Waals surface area contributed by atoms with Crippen molar-refractivity contribution in [2.75, 3.05) is 26.0 Å². The van der Waals surface area contributed by atoms with Gasteiger partial charge in [-0.1, -0.05) is 24.3 Å². The minimum Gasteiger partial charge on any atom is -0.493 e. The zero-order chi connectivity index (χ0) is 19.3. The van der Waals surface area contributed by atoms with Crippen molar-refractivity contribution < 1.29 is 17.9 Å². The molecule has 0 heterocycles. The van der Waals surface area contributed by atoms with Gasteiger partial charge in [0.1, 0.15) is 5.75 Å². The standard InChI is InChI=1S/C19H24N2O4S/c1-14-9-10-16(26(23,24)21(3)4)13-17(14)20-19(22)11-12-25-18-8-6-5-7-15(18)2/h5-10,13H,11-12H2,1-4H3,(H,20,22). The van der Waals surface area contributed by atoms with E-state index in [2.05, 4.69) is 5.32 Å². The third-order valence-electron chi connectivity index (χ3n) is 3.94. The van der Waals surface area contributed by atoms with Crippen molar-refractivity contribution in [1.29, 1.82) is 0 Å². The molecular weight excluding hydrogens is 352 g/mol. The van der Waals surface area contributed by atoms with Gasteiger partial charge in [-0.25, -0.2) is 12.7 Å². The topological polar surface area (TPSA) is 75.7 Å². The average molecular weight is 376 g/mol. The Hall–Kier alpha value is -2.38. The number of nitrogens with one attached hydrogen (secondary N) is 1. The number of rotatable bonds is 7. The smallest absolute Gasteiger partial charge is 0.242 e. The van der Waals surface area contributed by atoms with Gasteiger partial charge in [0.25, 0.3) is 0 Å². The molecule has 0 radical (unpaired) electrons. The number of carbonyl (C=O) groups excluding carboxylic acids is 1. The van der Waals surface area contributed by atoms with E-state index in [0.717, 1.165) is 21.2 Å². The van der Waals surface area contributed by atoms with Crippen LogP contribution in [0.15, 0.2) is 47.4 Å². The van der Waals surface area contributed by atoms with Crippen LogP contribution in [0.5, 0.6) is 5.75 Å². The molecule has 0 unspecified atom stereocenters. The number of benzene rings is 2. The van der Waals surface area contributed by atoms with Crippen molar-refractivity contribution in [3.05, 3.63) is 53.6 Å². The molecular formula is C19H24N2O4S. The Balaban J connectivity index is 2.01. The molecule has 2 aromatic rings. The number of hydrogen-bond donors (Lipinski definition) is 1. The molecule has 0 fully saturated rings. The lowest BCUT2D eigenvalue weighted by molar-refractivity contribution is -0.116. The van der Waals surface area contributed by atoms with Crippen LogP contribution in [0.2, 0.25) is 0 Å². The monoisotopic (exact) mass is 376 g/mol. The van der Waals surface area contributed by atoms with Crippen LogP contribution in [-0.2, 0) is 14.8 Å². The highest BCUT2D eigenvalue weighted by Crippen LogP contribution is 2.22. The second kappa shape index (κ2) is 8.33. The largest absolute Gasteiger partial charge is 0.493 e. The van der Waals surface area contributed by atoms with E-state index in [1.807, 2.05) is 38.1 Å². The van der Waals surface area contributed by atoms with Gasteiger partial charge in [0.05, 0.1) is 17.9 Å². The average Bonchev–Trinajstić information content (AvgIpc) is 2.58. The molecule has 0 saturated carbocycles. The van der Waals surface area contributed by atoms with Crippen LogP contribution in [0.4, 0.5) is 5.69 Å². The first-order valence-electron chi connectivity index (χ1n) is 8.23. The Labute approximate surface area is 154 Å². The summed E-state index contributed by atoms with van der Waals surface area (Å²) in [5.41, 5.74) is 2.27. The molecule has 7 heteroatoms. The number of amides is 1. The van der Waals surface area contributed by atoms with Crippen molar-refractivity contribution in [3.63, 3.8) is 0 Å². The van der Waals surface area contributed by atoms with Crippen molar-refractivity contribution >= 4 is 21.6 Å². The molecule has 0 aliphatic rings. The molecule has 1 N–H and O–H groups in total. The van der Waals surface area contributed by atoms with Gasteiger partial charge in [-0.15, -0.1) is 0 Å². The third-order valence-corrected chi connectivity index (χ3v) is 5.75. The maximum atomic E-state index is 12.2. The summed E-state index contributed by atoms with van der Waals surface area (Å²) in [7, 11) is -0.615. The number of hydrogen-bond acceptors (Lipinski definition) is 4. The summed E-state index contributed by atoms with van der Waals surface area (Å²) in [4.78, 5) is 12.3. The Morgan fingerprint density at radius 1 is 1.08 bits per heavy atom. The molecule has 2 aromatic carbocycles. The zero-order valence-corrected chi connectivity index (χ0v) is 16.3. The molecule has 0 aliphatic carbocycles. The van der Waals surface area contributed by atoms with Crippen molar-refractivity contribution in [2.45, 2.75) is 25.2 Å². The fourth-order valence-corrected chi connectivity index (χ4v) is 3.22. The summed E-state index contributed by atoms with van der Waals surface area (Å²) in [6.45, 7) is 3.99. The first kappa shape index (κ1) is 19.9. The lowest BCUT2D eigenvalue weighted by Crippen LogP contribution is -2.22. The number of nitrogens with zero attached hydrogens (tertiary/aromatic N) is 1. The maximum absolute atomic E-state index is 12.2. The minimum absolute atomic E-state index is 0.138. The molecule has 0 bridgehead atoms. The zero-order valence-electron chi connectivity index (χ0n) is 15.4. The molecule has 0 aromatic heterocycles. The molecule has 1 amide bonds.